The molecule has 0 aromatic heterocycles. The number of halogens is 1. The van der Waals surface area contributed by atoms with Crippen LogP contribution in [-0.2, 0) is 11.3 Å². The Morgan fingerprint density at radius 1 is 1.00 bits per heavy atom. The molecule has 158 valence electrons. The number of hydrogen-bond donors (Lipinski definition) is 0. The van der Waals surface area contributed by atoms with Crippen molar-refractivity contribution >= 4 is 23.3 Å². The SMILES string of the molecule is O=C(C[N+](=O)[O-])c1ccc(OCC(=O)N2CCN(Cc3ccc(Cl)cc3)CC2)cc1. The number of benzene rings is 2. The lowest BCUT2D eigenvalue weighted by atomic mass is 10.1. The van der Waals surface area contributed by atoms with Gasteiger partial charge in [-0.15, -0.1) is 0 Å². The molecule has 1 aliphatic rings. The van der Waals surface area contributed by atoms with Crippen LogP contribution in [0.4, 0.5) is 0 Å². The molecule has 0 saturated carbocycles. The van der Waals surface area contributed by atoms with Crippen molar-refractivity contribution in [1.29, 1.82) is 0 Å². The van der Waals surface area contributed by atoms with E-state index in [0.29, 0.717) is 23.9 Å². The fourth-order valence-electron chi connectivity index (χ4n) is 3.19. The highest BCUT2D eigenvalue weighted by Gasteiger charge is 2.21. The molecule has 9 heteroatoms. The quantitative estimate of drug-likeness (QED) is 0.362. The maximum Gasteiger partial charge on any atom is 0.265 e. The number of carbonyl (C=O) groups is 2. The van der Waals surface area contributed by atoms with Crippen molar-refractivity contribution in [2.75, 3.05) is 39.3 Å². The van der Waals surface area contributed by atoms with Crippen LogP contribution in [0, 0.1) is 10.1 Å². The molecule has 0 bridgehead atoms. The average molecular weight is 432 g/mol. The number of nitrogens with zero attached hydrogens (tertiary/aromatic N) is 3. The molecule has 0 aliphatic carbocycles. The van der Waals surface area contributed by atoms with Crippen molar-refractivity contribution < 1.29 is 19.2 Å². The van der Waals surface area contributed by atoms with E-state index < -0.39 is 17.3 Å². The van der Waals surface area contributed by atoms with Crippen LogP contribution < -0.4 is 4.74 Å². The van der Waals surface area contributed by atoms with Crippen molar-refractivity contribution in [3.8, 4) is 5.75 Å². The highest BCUT2D eigenvalue weighted by Crippen LogP contribution is 2.15. The van der Waals surface area contributed by atoms with E-state index in [-0.39, 0.29) is 18.1 Å². The minimum absolute atomic E-state index is 0.0978. The Hall–Kier alpha value is -2.97. The Morgan fingerprint density at radius 3 is 2.23 bits per heavy atom. The lowest BCUT2D eigenvalue weighted by molar-refractivity contribution is -0.465. The van der Waals surface area contributed by atoms with Gasteiger partial charge in [-0.05, 0) is 42.0 Å². The van der Waals surface area contributed by atoms with E-state index in [4.69, 9.17) is 16.3 Å². The third-order valence-electron chi connectivity index (χ3n) is 4.86. The van der Waals surface area contributed by atoms with Crippen LogP contribution in [0.5, 0.6) is 5.75 Å². The standard InChI is InChI=1S/C21H22ClN3O5/c22-18-5-1-16(2-6-18)13-23-9-11-24(12-10-23)21(27)15-30-19-7-3-17(4-8-19)20(26)14-25(28)29/h1-8H,9-15H2. The van der Waals surface area contributed by atoms with Gasteiger partial charge in [0.05, 0.1) is 0 Å². The number of nitro groups is 1. The summed E-state index contributed by atoms with van der Waals surface area (Å²) < 4.78 is 5.51. The summed E-state index contributed by atoms with van der Waals surface area (Å²) in [5.74, 6) is -0.240. The van der Waals surface area contributed by atoms with Crippen LogP contribution in [0.3, 0.4) is 0 Å². The van der Waals surface area contributed by atoms with Crippen LogP contribution >= 0.6 is 11.6 Å². The normalized spacial score (nSPS) is 14.4. The van der Waals surface area contributed by atoms with E-state index in [2.05, 4.69) is 4.90 Å². The molecule has 1 saturated heterocycles. The van der Waals surface area contributed by atoms with Gasteiger partial charge in [-0.25, -0.2) is 0 Å². The lowest BCUT2D eigenvalue weighted by Crippen LogP contribution is -2.49. The van der Waals surface area contributed by atoms with Crippen LogP contribution in [0.1, 0.15) is 15.9 Å². The van der Waals surface area contributed by atoms with Crippen molar-refractivity contribution in [2.45, 2.75) is 6.54 Å². The first kappa shape index (κ1) is 21.7. The highest BCUT2D eigenvalue weighted by molar-refractivity contribution is 6.30. The molecule has 1 aliphatic heterocycles. The van der Waals surface area contributed by atoms with Gasteiger partial charge >= 0.3 is 0 Å². The van der Waals surface area contributed by atoms with Gasteiger partial charge in [-0.3, -0.25) is 24.6 Å². The zero-order valence-corrected chi connectivity index (χ0v) is 17.1. The van der Waals surface area contributed by atoms with Gasteiger partial charge < -0.3 is 9.64 Å². The number of ketones is 1. The number of rotatable bonds is 8. The van der Waals surface area contributed by atoms with Crippen molar-refractivity contribution in [3.05, 3.63) is 74.8 Å². The predicted molar refractivity (Wildman–Crippen MR) is 111 cm³/mol. The Labute approximate surface area is 179 Å². The fraction of sp³-hybridized carbons (Fsp3) is 0.333. The third-order valence-corrected chi connectivity index (χ3v) is 5.11. The predicted octanol–water partition coefficient (Wildman–Crippen LogP) is 2.52. The third kappa shape index (κ3) is 6.27. The molecule has 2 aromatic rings. The maximum atomic E-state index is 12.4. The summed E-state index contributed by atoms with van der Waals surface area (Å²) >= 11 is 5.91. The summed E-state index contributed by atoms with van der Waals surface area (Å²) in [5.41, 5.74) is 1.42. The molecule has 0 radical (unpaired) electrons. The van der Waals surface area contributed by atoms with Crippen LogP contribution in [0.2, 0.25) is 5.02 Å². The van der Waals surface area contributed by atoms with Crippen LogP contribution in [0.15, 0.2) is 48.5 Å². The largest absolute Gasteiger partial charge is 0.484 e. The molecule has 0 N–H and O–H groups in total. The number of Topliss-reactive ketones (excluding diaryl/α,β-unsaturated/α-hetero) is 1. The van der Waals surface area contributed by atoms with E-state index in [1.165, 1.54) is 29.8 Å². The molecule has 3 rings (SSSR count). The van der Waals surface area contributed by atoms with Gasteiger partial charge in [-0.1, -0.05) is 23.7 Å². The summed E-state index contributed by atoms with van der Waals surface area (Å²) in [5, 5.41) is 11.1. The zero-order valence-electron chi connectivity index (χ0n) is 16.3. The zero-order chi connectivity index (χ0) is 21.5. The average Bonchev–Trinajstić information content (AvgIpc) is 2.74. The first-order valence-corrected chi connectivity index (χ1v) is 9.91. The highest BCUT2D eigenvalue weighted by atomic mass is 35.5. The van der Waals surface area contributed by atoms with Gasteiger partial charge in [0.25, 0.3) is 12.5 Å². The molecule has 1 heterocycles. The number of ether oxygens (including phenoxy) is 1. The Balaban J connectivity index is 1.42. The monoisotopic (exact) mass is 431 g/mol. The van der Waals surface area contributed by atoms with Crippen LogP contribution in [0.25, 0.3) is 0 Å². The molecule has 1 amide bonds. The number of carbonyl (C=O) groups excluding carboxylic acids is 2. The van der Waals surface area contributed by atoms with E-state index in [1.54, 1.807) is 4.90 Å². The van der Waals surface area contributed by atoms with Gasteiger partial charge in [0.2, 0.25) is 5.78 Å². The number of piperazine rings is 1. The first-order valence-electron chi connectivity index (χ1n) is 9.53. The summed E-state index contributed by atoms with van der Waals surface area (Å²) in [6.07, 6.45) is 0. The van der Waals surface area contributed by atoms with E-state index in [1.807, 2.05) is 24.3 Å². The first-order chi connectivity index (χ1) is 14.4. The Morgan fingerprint density at radius 2 is 1.63 bits per heavy atom. The minimum atomic E-state index is -0.747. The number of hydrogen-bond acceptors (Lipinski definition) is 6. The summed E-state index contributed by atoms with van der Waals surface area (Å²) in [6.45, 7) is 2.79. The smallest absolute Gasteiger partial charge is 0.265 e. The molecular weight excluding hydrogens is 410 g/mol. The Kier molecular flexibility index (Phi) is 7.37. The second-order valence-electron chi connectivity index (χ2n) is 7.01. The fourth-order valence-corrected chi connectivity index (χ4v) is 3.31. The summed E-state index contributed by atoms with van der Waals surface area (Å²) in [6, 6.07) is 13.7. The van der Waals surface area contributed by atoms with E-state index in [0.717, 1.165) is 19.6 Å². The number of amides is 1. The maximum absolute atomic E-state index is 12.4. The summed E-state index contributed by atoms with van der Waals surface area (Å²) in [4.78, 5) is 37.9. The van der Waals surface area contributed by atoms with E-state index in [9.17, 15) is 19.7 Å². The summed E-state index contributed by atoms with van der Waals surface area (Å²) in [7, 11) is 0. The van der Waals surface area contributed by atoms with Gasteiger partial charge in [0.15, 0.2) is 6.61 Å². The molecule has 30 heavy (non-hydrogen) atoms. The second kappa shape index (κ2) is 10.2. The van der Waals surface area contributed by atoms with E-state index >= 15 is 0 Å². The van der Waals surface area contributed by atoms with Gasteiger partial charge in [0.1, 0.15) is 5.75 Å². The molecular formula is C21H22ClN3O5. The topological polar surface area (TPSA) is 93.0 Å². The molecule has 8 nitrogen and oxygen atoms in total. The van der Waals surface area contributed by atoms with Crippen molar-refractivity contribution in [2.24, 2.45) is 0 Å². The molecule has 0 atom stereocenters. The van der Waals surface area contributed by atoms with Crippen LogP contribution in [-0.4, -0.2) is 65.7 Å². The molecule has 1 fully saturated rings. The molecule has 2 aromatic carbocycles. The lowest BCUT2D eigenvalue weighted by Gasteiger charge is -2.34. The Bertz CT molecular complexity index is 894. The minimum Gasteiger partial charge on any atom is -0.484 e. The van der Waals surface area contributed by atoms with Gasteiger partial charge in [0, 0.05) is 48.2 Å². The van der Waals surface area contributed by atoms with Crippen molar-refractivity contribution in [3.63, 3.8) is 0 Å². The molecule has 0 unspecified atom stereocenters. The van der Waals surface area contributed by atoms with Gasteiger partial charge in [-0.2, -0.15) is 0 Å². The van der Waals surface area contributed by atoms with Crippen molar-refractivity contribution in [1.82, 2.24) is 9.80 Å². The second-order valence-corrected chi connectivity index (χ2v) is 7.45. The molecule has 0 spiro atoms.